The molecule has 1 spiro atoms. The van der Waals surface area contributed by atoms with E-state index < -0.39 is 0 Å². The summed E-state index contributed by atoms with van der Waals surface area (Å²) in [5, 5.41) is 12.4. The van der Waals surface area contributed by atoms with E-state index in [1.54, 1.807) is 23.1 Å². The van der Waals surface area contributed by atoms with Gasteiger partial charge in [0.15, 0.2) is 0 Å². The molecule has 2 N–H and O–H groups in total. The number of amides is 2. The summed E-state index contributed by atoms with van der Waals surface area (Å²) in [7, 11) is 0. The Kier molecular flexibility index (Phi) is 4.95. The Labute approximate surface area is 162 Å². The molecular formula is C20H22N4O4. The molecule has 0 bridgehead atoms. The first kappa shape index (κ1) is 18.4. The van der Waals surface area contributed by atoms with Crippen molar-refractivity contribution in [3.8, 4) is 5.75 Å². The Balaban J connectivity index is 1.23. The zero-order valence-electron chi connectivity index (χ0n) is 15.4. The smallest absolute Gasteiger partial charge is 0.271 e. The van der Waals surface area contributed by atoms with Crippen molar-refractivity contribution >= 4 is 11.8 Å². The van der Waals surface area contributed by atoms with Crippen molar-refractivity contribution in [2.45, 2.75) is 18.4 Å². The third-order valence-electron chi connectivity index (χ3n) is 5.32. The quantitative estimate of drug-likeness (QED) is 0.824. The molecule has 1 atom stereocenters. The molecule has 2 saturated heterocycles. The summed E-state index contributed by atoms with van der Waals surface area (Å²) in [5.74, 6) is -0.00755. The summed E-state index contributed by atoms with van der Waals surface area (Å²) in [6, 6.07) is 6.38. The molecule has 8 heteroatoms. The number of phenolic OH excluding ortho intramolecular Hbond substituents is 1. The summed E-state index contributed by atoms with van der Waals surface area (Å²) in [6.45, 7) is 2.19. The van der Waals surface area contributed by atoms with Crippen LogP contribution in [0.3, 0.4) is 0 Å². The predicted molar refractivity (Wildman–Crippen MR) is 99.8 cm³/mol. The van der Waals surface area contributed by atoms with E-state index in [4.69, 9.17) is 4.74 Å². The minimum atomic E-state index is -0.280. The van der Waals surface area contributed by atoms with E-state index in [-0.39, 0.29) is 29.1 Å². The normalized spacial score (nSPS) is 20.4. The maximum absolute atomic E-state index is 12.5. The van der Waals surface area contributed by atoms with Crippen LogP contribution in [-0.4, -0.2) is 63.6 Å². The highest BCUT2D eigenvalue weighted by Gasteiger charge is 2.48. The second-order valence-electron chi connectivity index (χ2n) is 7.41. The molecule has 3 heterocycles. The zero-order chi connectivity index (χ0) is 19.6. The van der Waals surface area contributed by atoms with Crippen LogP contribution in [-0.2, 0) is 4.74 Å². The van der Waals surface area contributed by atoms with Crippen molar-refractivity contribution < 1.29 is 19.4 Å². The van der Waals surface area contributed by atoms with Crippen molar-refractivity contribution in [2.75, 3.05) is 26.2 Å². The van der Waals surface area contributed by atoms with E-state index in [0.29, 0.717) is 37.5 Å². The number of benzene rings is 1. The Morgan fingerprint density at radius 1 is 1.32 bits per heavy atom. The summed E-state index contributed by atoms with van der Waals surface area (Å²) in [4.78, 5) is 34.1. The van der Waals surface area contributed by atoms with Gasteiger partial charge in [-0.15, -0.1) is 0 Å². The number of hydrogen-bond acceptors (Lipinski definition) is 6. The number of carbonyl (C=O) groups is 2. The molecule has 0 radical (unpaired) electrons. The van der Waals surface area contributed by atoms with Crippen molar-refractivity contribution in [1.82, 2.24) is 20.2 Å². The molecule has 0 aliphatic carbocycles. The molecular weight excluding hydrogens is 360 g/mol. The maximum atomic E-state index is 12.5. The average Bonchev–Trinajstić information content (AvgIpc) is 2.71. The highest BCUT2D eigenvalue weighted by atomic mass is 16.5. The van der Waals surface area contributed by atoms with Gasteiger partial charge < -0.3 is 20.1 Å². The number of ether oxygens (including phenoxy) is 1. The molecule has 1 aromatic carbocycles. The van der Waals surface area contributed by atoms with Crippen LogP contribution < -0.4 is 5.32 Å². The monoisotopic (exact) mass is 382 g/mol. The fourth-order valence-electron chi connectivity index (χ4n) is 3.69. The van der Waals surface area contributed by atoms with Crippen molar-refractivity contribution in [1.29, 1.82) is 0 Å². The number of likely N-dealkylation sites (tertiary alicyclic amines) is 1. The van der Waals surface area contributed by atoms with Gasteiger partial charge in [-0.05, 0) is 37.0 Å². The fraction of sp³-hybridized carbons (Fsp3) is 0.400. The molecule has 146 valence electrons. The molecule has 2 aliphatic heterocycles. The summed E-state index contributed by atoms with van der Waals surface area (Å²) >= 11 is 0. The minimum Gasteiger partial charge on any atom is -0.508 e. The number of nitrogens with one attached hydrogen (secondary N) is 1. The van der Waals surface area contributed by atoms with E-state index in [1.807, 2.05) is 0 Å². The first-order valence-corrected chi connectivity index (χ1v) is 9.31. The van der Waals surface area contributed by atoms with Gasteiger partial charge in [0, 0.05) is 24.5 Å². The van der Waals surface area contributed by atoms with Gasteiger partial charge in [-0.2, -0.15) is 0 Å². The molecule has 4 rings (SSSR count). The van der Waals surface area contributed by atoms with E-state index in [0.717, 1.165) is 12.8 Å². The highest BCUT2D eigenvalue weighted by Crippen LogP contribution is 2.36. The lowest BCUT2D eigenvalue weighted by Gasteiger charge is -2.52. The number of rotatable bonds is 4. The highest BCUT2D eigenvalue weighted by molar-refractivity contribution is 5.95. The summed E-state index contributed by atoms with van der Waals surface area (Å²) in [5.41, 5.74) is 0.504. The van der Waals surface area contributed by atoms with E-state index >= 15 is 0 Å². The van der Waals surface area contributed by atoms with Gasteiger partial charge in [-0.1, -0.05) is 6.07 Å². The maximum Gasteiger partial charge on any atom is 0.271 e. The van der Waals surface area contributed by atoms with Crippen LogP contribution in [0.15, 0.2) is 42.9 Å². The zero-order valence-corrected chi connectivity index (χ0v) is 15.4. The standard InChI is InChI=1S/C20H22N4O4/c25-16-3-1-2-15(8-16)19(27)24-12-20(13-24)5-4-14(11-28-20)9-23-18(26)17-10-21-6-7-22-17/h1-3,6-8,10,14,25H,4-5,9,11-13H2,(H,23,26). The van der Waals surface area contributed by atoms with Gasteiger partial charge in [0.25, 0.3) is 11.8 Å². The Hall–Kier alpha value is -3.00. The van der Waals surface area contributed by atoms with E-state index in [9.17, 15) is 14.7 Å². The minimum absolute atomic E-state index is 0.0846. The first-order chi connectivity index (χ1) is 13.5. The van der Waals surface area contributed by atoms with Crippen LogP contribution >= 0.6 is 0 Å². The second kappa shape index (κ2) is 7.55. The molecule has 0 saturated carbocycles. The number of aromatic nitrogens is 2. The van der Waals surface area contributed by atoms with Gasteiger partial charge >= 0.3 is 0 Å². The van der Waals surface area contributed by atoms with E-state index in [1.165, 1.54) is 24.7 Å². The predicted octanol–water partition coefficient (Wildman–Crippen LogP) is 1.23. The van der Waals surface area contributed by atoms with Gasteiger partial charge in [0.2, 0.25) is 0 Å². The molecule has 2 aliphatic rings. The topological polar surface area (TPSA) is 105 Å². The SMILES string of the molecule is O=C(NCC1CCC2(CN(C(=O)c3cccc(O)c3)C2)OC1)c1cnccn1. The van der Waals surface area contributed by atoms with Gasteiger partial charge in [0.05, 0.1) is 25.9 Å². The third kappa shape index (κ3) is 3.82. The Morgan fingerprint density at radius 2 is 2.18 bits per heavy atom. The number of nitrogens with zero attached hydrogens (tertiary/aromatic N) is 3. The number of aromatic hydroxyl groups is 1. The average molecular weight is 382 g/mol. The lowest BCUT2D eigenvalue weighted by Crippen LogP contribution is -2.66. The molecule has 2 amide bonds. The van der Waals surface area contributed by atoms with Crippen molar-refractivity contribution in [3.63, 3.8) is 0 Å². The van der Waals surface area contributed by atoms with Crippen LogP contribution in [0.4, 0.5) is 0 Å². The first-order valence-electron chi connectivity index (χ1n) is 9.31. The molecule has 8 nitrogen and oxygen atoms in total. The molecule has 1 aromatic heterocycles. The van der Waals surface area contributed by atoms with Crippen LogP contribution in [0.1, 0.15) is 33.7 Å². The van der Waals surface area contributed by atoms with E-state index in [2.05, 4.69) is 15.3 Å². The Morgan fingerprint density at radius 3 is 2.86 bits per heavy atom. The van der Waals surface area contributed by atoms with Crippen LogP contribution in [0, 0.1) is 5.92 Å². The van der Waals surface area contributed by atoms with Crippen LogP contribution in [0.5, 0.6) is 5.75 Å². The van der Waals surface area contributed by atoms with Crippen LogP contribution in [0.2, 0.25) is 0 Å². The number of phenols is 1. The molecule has 1 unspecified atom stereocenters. The van der Waals surface area contributed by atoms with Gasteiger partial charge in [0.1, 0.15) is 17.0 Å². The fourth-order valence-corrected chi connectivity index (χ4v) is 3.69. The molecule has 2 aromatic rings. The lowest BCUT2D eigenvalue weighted by atomic mass is 9.82. The van der Waals surface area contributed by atoms with Gasteiger partial charge in [-0.3, -0.25) is 14.6 Å². The lowest BCUT2D eigenvalue weighted by molar-refractivity contribution is -0.166. The van der Waals surface area contributed by atoms with Gasteiger partial charge in [-0.25, -0.2) is 4.98 Å². The number of carbonyl (C=O) groups excluding carboxylic acids is 2. The van der Waals surface area contributed by atoms with Crippen LogP contribution in [0.25, 0.3) is 0 Å². The largest absolute Gasteiger partial charge is 0.508 e. The summed E-state index contributed by atoms with van der Waals surface area (Å²) in [6.07, 6.45) is 6.23. The third-order valence-corrected chi connectivity index (χ3v) is 5.32. The number of hydrogen-bond donors (Lipinski definition) is 2. The summed E-state index contributed by atoms with van der Waals surface area (Å²) < 4.78 is 6.07. The second-order valence-corrected chi connectivity index (χ2v) is 7.41. The molecule has 2 fully saturated rings. The Bertz CT molecular complexity index is 858. The molecule has 28 heavy (non-hydrogen) atoms. The van der Waals surface area contributed by atoms with Crippen molar-refractivity contribution in [2.24, 2.45) is 5.92 Å². The van der Waals surface area contributed by atoms with Crippen molar-refractivity contribution in [3.05, 3.63) is 54.1 Å².